The number of benzene rings is 2. The number of carbonyl (C=O) groups excluding carboxylic acids is 2. The van der Waals surface area contributed by atoms with Crippen molar-refractivity contribution in [3.63, 3.8) is 0 Å². The lowest BCUT2D eigenvalue weighted by atomic mass is 9.97. The number of anilines is 1. The number of hydrogen-bond donors (Lipinski definition) is 2. The summed E-state index contributed by atoms with van der Waals surface area (Å²) in [5.41, 5.74) is 8.63. The second kappa shape index (κ2) is 9.26. The van der Waals surface area contributed by atoms with Crippen LogP contribution in [0.1, 0.15) is 24.0 Å². The quantitative estimate of drug-likeness (QED) is 0.771. The van der Waals surface area contributed by atoms with Gasteiger partial charge in [0, 0.05) is 25.3 Å². The van der Waals surface area contributed by atoms with E-state index in [1.807, 2.05) is 55.5 Å². The Morgan fingerprint density at radius 3 is 2.71 bits per heavy atom. The molecule has 1 unspecified atom stereocenters. The number of aryl methyl sites for hydroxylation is 1. The predicted molar refractivity (Wildman–Crippen MR) is 109 cm³/mol. The summed E-state index contributed by atoms with van der Waals surface area (Å²) in [7, 11) is 0. The third-order valence-electron chi connectivity index (χ3n) is 4.97. The van der Waals surface area contributed by atoms with Crippen LogP contribution in [0.25, 0.3) is 0 Å². The Balaban J connectivity index is 1.46. The molecule has 1 atom stereocenters. The molecule has 0 bridgehead atoms. The monoisotopic (exact) mass is 381 g/mol. The molecule has 1 fully saturated rings. The largest absolute Gasteiger partial charge is 0.484 e. The van der Waals surface area contributed by atoms with Crippen LogP contribution in [0, 0.1) is 12.8 Å². The lowest BCUT2D eigenvalue weighted by Crippen LogP contribution is -2.41. The smallest absolute Gasteiger partial charge is 0.258 e. The number of rotatable bonds is 7. The molecule has 0 radical (unpaired) electrons. The van der Waals surface area contributed by atoms with Gasteiger partial charge in [0.25, 0.3) is 5.91 Å². The highest BCUT2D eigenvalue weighted by Gasteiger charge is 2.24. The van der Waals surface area contributed by atoms with Gasteiger partial charge in [-0.2, -0.15) is 0 Å². The molecule has 0 saturated carbocycles. The Bertz CT molecular complexity index is 820. The van der Waals surface area contributed by atoms with Gasteiger partial charge in [0.05, 0.1) is 5.92 Å². The van der Waals surface area contributed by atoms with E-state index in [4.69, 9.17) is 10.5 Å². The van der Waals surface area contributed by atoms with Gasteiger partial charge < -0.3 is 20.7 Å². The van der Waals surface area contributed by atoms with E-state index in [1.54, 1.807) is 0 Å². The Kier molecular flexibility index (Phi) is 6.53. The number of nitrogens with two attached hydrogens (primary N) is 1. The van der Waals surface area contributed by atoms with E-state index in [9.17, 15) is 9.59 Å². The molecule has 6 heteroatoms. The average molecular weight is 381 g/mol. The molecule has 3 N–H and O–H groups in total. The normalized spacial score (nSPS) is 16.5. The summed E-state index contributed by atoms with van der Waals surface area (Å²) < 4.78 is 5.51. The van der Waals surface area contributed by atoms with Crippen molar-refractivity contribution in [2.24, 2.45) is 11.7 Å². The van der Waals surface area contributed by atoms with Crippen LogP contribution >= 0.6 is 0 Å². The van der Waals surface area contributed by atoms with Gasteiger partial charge in [0.1, 0.15) is 5.75 Å². The van der Waals surface area contributed by atoms with Gasteiger partial charge in [-0.15, -0.1) is 0 Å². The number of primary amides is 1. The maximum Gasteiger partial charge on any atom is 0.258 e. The maximum absolute atomic E-state index is 12.0. The van der Waals surface area contributed by atoms with Crippen LogP contribution in [0.4, 0.5) is 5.69 Å². The van der Waals surface area contributed by atoms with Crippen LogP contribution in [0.2, 0.25) is 0 Å². The summed E-state index contributed by atoms with van der Waals surface area (Å²) in [5.74, 6) is 0.222. The van der Waals surface area contributed by atoms with Gasteiger partial charge >= 0.3 is 0 Å². The van der Waals surface area contributed by atoms with E-state index in [0.29, 0.717) is 18.8 Å². The van der Waals surface area contributed by atoms with E-state index in [1.165, 1.54) is 0 Å². The number of piperidine rings is 1. The van der Waals surface area contributed by atoms with E-state index in [0.717, 1.165) is 36.2 Å². The average Bonchev–Trinajstić information content (AvgIpc) is 2.71. The predicted octanol–water partition coefficient (Wildman–Crippen LogP) is 2.39. The van der Waals surface area contributed by atoms with Crippen molar-refractivity contribution < 1.29 is 14.3 Å². The van der Waals surface area contributed by atoms with Crippen molar-refractivity contribution in [2.75, 3.05) is 24.6 Å². The zero-order chi connectivity index (χ0) is 19.9. The van der Waals surface area contributed by atoms with Crippen molar-refractivity contribution in [3.8, 4) is 5.75 Å². The fourth-order valence-electron chi connectivity index (χ4n) is 3.37. The first-order valence-electron chi connectivity index (χ1n) is 9.60. The fraction of sp³-hybridized carbons (Fsp3) is 0.364. The lowest BCUT2D eigenvalue weighted by molar-refractivity contribution is -0.123. The highest BCUT2D eigenvalue weighted by atomic mass is 16.5. The van der Waals surface area contributed by atoms with Gasteiger partial charge in [-0.3, -0.25) is 9.59 Å². The minimum atomic E-state index is -0.225. The highest BCUT2D eigenvalue weighted by Crippen LogP contribution is 2.23. The van der Waals surface area contributed by atoms with Crippen LogP contribution in [-0.4, -0.2) is 31.5 Å². The van der Waals surface area contributed by atoms with Crippen LogP contribution in [-0.2, 0) is 16.1 Å². The molecule has 148 valence electrons. The molecule has 6 nitrogen and oxygen atoms in total. The first-order chi connectivity index (χ1) is 13.5. The van der Waals surface area contributed by atoms with Crippen molar-refractivity contribution in [1.82, 2.24) is 5.32 Å². The topological polar surface area (TPSA) is 84.7 Å². The molecule has 1 heterocycles. The molecule has 2 aromatic carbocycles. The van der Waals surface area contributed by atoms with Gasteiger partial charge in [-0.25, -0.2) is 0 Å². The van der Waals surface area contributed by atoms with E-state index >= 15 is 0 Å². The number of nitrogens with zero attached hydrogens (tertiary/aromatic N) is 1. The molecule has 2 amide bonds. The summed E-state index contributed by atoms with van der Waals surface area (Å²) in [6.45, 7) is 4.01. The molecule has 1 aliphatic heterocycles. The fourth-order valence-corrected chi connectivity index (χ4v) is 3.37. The first kappa shape index (κ1) is 19.7. The zero-order valence-corrected chi connectivity index (χ0v) is 16.2. The van der Waals surface area contributed by atoms with Crippen LogP contribution in [0.15, 0.2) is 48.5 Å². The lowest BCUT2D eigenvalue weighted by Gasteiger charge is -2.33. The number of hydrogen-bond acceptors (Lipinski definition) is 4. The van der Waals surface area contributed by atoms with Gasteiger partial charge in [0.2, 0.25) is 5.91 Å². The third kappa shape index (κ3) is 5.49. The second-order valence-electron chi connectivity index (χ2n) is 7.24. The molecular weight excluding hydrogens is 354 g/mol. The van der Waals surface area contributed by atoms with E-state index in [2.05, 4.69) is 10.2 Å². The molecule has 0 aromatic heterocycles. The van der Waals surface area contributed by atoms with Crippen LogP contribution < -0.4 is 20.7 Å². The Hall–Kier alpha value is -3.02. The molecule has 3 rings (SSSR count). The number of amides is 2. The molecule has 0 spiro atoms. The van der Waals surface area contributed by atoms with E-state index < -0.39 is 0 Å². The summed E-state index contributed by atoms with van der Waals surface area (Å²) in [5, 5.41) is 2.87. The second-order valence-corrected chi connectivity index (χ2v) is 7.24. The Morgan fingerprint density at radius 2 is 2.00 bits per heavy atom. The first-order valence-corrected chi connectivity index (χ1v) is 9.60. The molecule has 1 saturated heterocycles. The number of nitrogens with one attached hydrogen (secondary N) is 1. The molecule has 1 aliphatic rings. The summed E-state index contributed by atoms with van der Waals surface area (Å²) in [6, 6.07) is 15.6. The molecular formula is C22H27N3O3. The van der Waals surface area contributed by atoms with Crippen molar-refractivity contribution in [2.45, 2.75) is 26.3 Å². The van der Waals surface area contributed by atoms with Gasteiger partial charge in [-0.1, -0.05) is 24.3 Å². The summed E-state index contributed by atoms with van der Waals surface area (Å²) in [6.07, 6.45) is 1.83. The van der Waals surface area contributed by atoms with Gasteiger partial charge in [-0.05, 0) is 55.2 Å². The standard InChI is InChI=1S/C22H27N3O3/c1-16-4-2-6-20(12-16)28-15-21(26)24-13-17-7-9-19(10-8-17)25-11-3-5-18(14-25)22(23)27/h2,4,6-10,12,18H,3,5,11,13-15H2,1H3,(H2,23,27)(H,24,26). The van der Waals surface area contributed by atoms with Crippen LogP contribution in [0.5, 0.6) is 5.75 Å². The minimum Gasteiger partial charge on any atom is -0.484 e. The van der Waals surface area contributed by atoms with E-state index in [-0.39, 0.29) is 24.3 Å². The summed E-state index contributed by atoms with van der Waals surface area (Å²) in [4.78, 5) is 25.6. The number of ether oxygens (including phenoxy) is 1. The third-order valence-corrected chi connectivity index (χ3v) is 4.97. The number of carbonyl (C=O) groups is 2. The van der Waals surface area contributed by atoms with Crippen molar-refractivity contribution in [1.29, 1.82) is 0 Å². The summed E-state index contributed by atoms with van der Waals surface area (Å²) >= 11 is 0. The molecule has 0 aliphatic carbocycles. The Labute approximate surface area is 165 Å². The van der Waals surface area contributed by atoms with Crippen LogP contribution in [0.3, 0.4) is 0 Å². The maximum atomic E-state index is 12.0. The van der Waals surface area contributed by atoms with Crippen molar-refractivity contribution >= 4 is 17.5 Å². The Morgan fingerprint density at radius 1 is 1.21 bits per heavy atom. The SMILES string of the molecule is Cc1cccc(OCC(=O)NCc2ccc(N3CCCC(C(N)=O)C3)cc2)c1. The highest BCUT2D eigenvalue weighted by molar-refractivity contribution is 5.78. The molecule has 2 aromatic rings. The zero-order valence-electron chi connectivity index (χ0n) is 16.2. The van der Waals surface area contributed by atoms with Crippen molar-refractivity contribution in [3.05, 3.63) is 59.7 Å². The van der Waals surface area contributed by atoms with Gasteiger partial charge in [0.15, 0.2) is 6.61 Å². The molecule has 28 heavy (non-hydrogen) atoms. The minimum absolute atomic E-state index is 0.0101.